The van der Waals surface area contributed by atoms with Crippen molar-refractivity contribution in [1.82, 2.24) is 30.4 Å². The molecule has 0 radical (unpaired) electrons. The number of halogens is 1. The van der Waals surface area contributed by atoms with Crippen LogP contribution in [0.25, 0.3) is 0 Å². The van der Waals surface area contributed by atoms with Gasteiger partial charge < -0.3 is 10.2 Å². The number of benzene rings is 1. The molecule has 0 saturated carbocycles. The quantitative estimate of drug-likeness (QED) is 0.841. The van der Waals surface area contributed by atoms with Gasteiger partial charge in [0, 0.05) is 19.5 Å². The number of piperazine rings is 1. The van der Waals surface area contributed by atoms with Crippen molar-refractivity contribution < 1.29 is 14.0 Å². The smallest absolute Gasteiger partial charge is 0.248 e. The summed E-state index contributed by atoms with van der Waals surface area (Å²) in [5, 5.41) is 14.0. The SMILES string of the molecule is Cc1nnnn1[C@@H](Cc1ccc(F)cc1)C(=O)N1CCNC(=O)C1. The van der Waals surface area contributed by atoms with E-state index in [1.54, 1.807) is 19.1 Å². The first-order valence-corrected chi connectivity index (χ1v) is 7.59. The molecule has 2 heterocycles. The van der Waals surface area contributed by atoms with E-state index in [9.17, 15) is 14.0 Å². The van der Waals surface area contributed by atoms with Crippen LogP contribution in [0.2, 0.25) is 0 Å². The van der Waals surface area contributed by atoms with Crippen LogP contribution < -0.4 is 5.32 Å². The van der Waals surface area contributed by atoms with Crippen LogP contribution in [-0.4, -0.2) is 56.6 Å². The van der Waals surface area contributed by atoms with Gasteiger partial charge in [-0.25, -0.2) is 9.07 Å². The first-order valence-electron chi connectivity index (χ1n) is 7.59. The van der Waals surface area contributed by atoms with E-state index in [0.717, 1.165) is 5.56 Å². The number of nitrogens with one attached hydrogen (secondary N) is 1. The van der Waals surface area contributed by atoms with Crippen molar-refractivity contribution in [1.29, 1.82) is 0 Å². The van der Waals surface area contributed by atoms with E-state index in [0.29, 0.717) is 25.3 Å². The molecule has 1 atom stereocenters. The van der Waals surface area contributed by atoms with Crippen LogP contribution in [0.15, 0.2) is 24.3 Å². The fourth-order valence-electron chi connectivity index (χ4n) is 2.69. The van der Waals surface area contributed by atoms with Crippen molar-refractivity contribution >= 4 is 11.8 Å². The van der Waals surface area contributed by atoms with E-state index in [1.807, 2.05) is 0 Å². The van der Waals surface area contributed by atoms with Gasteiger partial charge in [-0.3, -0.25) is 9.59 Å². The number of amides is 2. The standard InChI is InChI=1S/C15H17FN6O2/c1-10-18-19-20-22(10)13(8-11-2-4-12(16)5-3-11)15(24)21-7-6-17-14(23)9-21/h2-5,13H,6-9H2,1H3,(H,17,23)/t13-/m0/s1. The Morgan fingerprint density at radius 2 is 2.12 bits per heavy atom. The summed E-state index contributed by atoms with van der Waals surface area (Å²) < 4.78 is 14.5. The maximum absolute atomic E-state index is 13.1. The number of carbonyl (C=O) groups excluding carboxylic acids is 2. The van der Waals surface area contributed by atoms with Crippen molar-refractivity contribution in [2.45, 2.75) is 19.4 Å². The van der Waals surface area contributed by atoms with Crippen LogP contribution in [-0.2, 0) is 16.0 Å². The number of tetrazole rings is 1. The summed E-state index contributed by atoms with van der Waals surface area (Å²) in [6.45, 7) is 2.57. The molecular weight excluding hydrogens is 315 g/mol. The zero-order chi connectivity index (χ0) is 17.1. The Bertz CT molecular complexity index is 745. The van der Waals surface area contributed by atoms with Gasteiger partial charge in [-0.15, -0.1) is 5.10 Å². The van der Waals surface area contributed by atoms with E-state index in [-0.39, 0.29) is 24.2 Å². The molecule has 3 rings (SSSR count). The van der Waals surface area contributed by atoms with E-state index < -0.39 is 6.04 Å². The Labute approximate surface area is 137 Å². The molecule has 1 saturated heterocycles. The van der Waals surface area contributed by atoms with Crippen molar-refractivity contribution in [2.75, 3.05) is 19.6 Å². The zero-order valence-corrected chi connectivity index (χ0v) is 13.1. The highest BCUT2D eigenvalue weighted by molar-refractivity contribution is 5.87. The molecule has 1 N–H and O–H groups in total. The van der Waals surface area contributed by atoms with Gasteiger partial charge in [0.1, 0.15) is 17.7 Å². The predicted molar refractivity (Wildman–Crippen MR) is 81.3 cm³/mol. The maximum atomic E-state index is 13.1. The molecular formula is C15H17FN6O2. The minimum atomic E-state index is -0.684. The lowest BCUT2D eigenvalue weighted by atomic mass is 10.0. The monoisotopic (exact) mass is 332 g/mol. The largest absolute Gasteiger partial charge is 0.353 e. The van der Waals surface area contributed by atoms with Gasteiger partial charge in [0.2, 0.25) is 11.8 Å². The second kappa shape index (κ2) is 6.73. The highest BCUT2D eigenvalue weighted by atomic mass is 19.1. The topological polar surface area (TPSA) is 93.0 Å². The predicted octanol–water partition coefficient (Wildman–Crippen LogP) is -0.137. The summed E-state index contributed by atoms with van der Waals surface area (Å²) in [6, 6.07) is 5.25. The fraction of sp³-hybridized carbons (Fsp3) is 0.400. The third-order valence-electron chi connectivity index (χ3n) is 3.93. The Hall–Kier alpha value is -2.84. The lowest BCUT2D eigenvalue weighted by Gasteiger charge is -2.30. The molecule has 9 heteroatoms. The molecule has 0 bridgehead atoms. The van der Waals surface area contributed by atoms with Gasteiger partial charge in [0.05, 0.1) is 6.54 Å². The lowest BCUT2D eigenvalue weighted by molar-refractivity contribution is -0.141. The number of carbonyl (C=O) groups is 2. The van der Waals surface area contributed by atoms with Gasteiger partial charge in [-0.05, 0) is 35.0 Å². The van der Waals surface area contributed by atoms with Gasteiger partial charge in [-0.2, -0.15) is 0 Å². The van der Waals surface area contributed by atoms with Crippen molar-refractivity contribution in [3.05, 3.63) is 41.5 Å². The van der Waals surface area contributed by atoms with Crippen molar-refractivity contribution in [3.8, 4) is 0 Å². The average molecular weight is 332 g/mol. The molecule has 1 aromatic carbocycles. The van der Waals surface area contributed by atoms with E-state index in [1.165, 1.54) is 21.7 Å². The average Bonchev–Trinajstić information content (AvgIpc) is 2.99. The number of aryl methyl sites for hydroxylation is 1. The van der Waals surface area contributed by atoms with Crippen LogP contribution in [0.3, 0.4) is 0 Å². The molecule has 1 aliphatic heterocycles. The molecule has 0 aliphatic carbocycles. The lowest BCUT2D eigenvalue weighted by Crippen LogP contribution is -2.52. The summed E-state index contributed by atoms with van der Waals surface area (Å²) in [4.78, 5) is 26.0. The molecule has 0 spiro atoms. The van der Waals surface area contributed by atoms with Gasteiger partial charge >= 0.3 is 0 Å². The highest BCUT2D eigenvalue weighted by Crippen LogP contribution is 2.18. The Morgan fingerprint density at radius 3 is 2.75 bits per heavy atom. The van der Waals surface area contributed by atoms with Gasteiger partial charge in [-0.1, -0.05) is 12.1 Å². The van der Waals surface area contributed by atoms with Crippen LogP contribution in [0, 0.1) is 12.7 Å². The number of hydrogen-bond acceptors (Lipinski definition) is 5. The maximum Gasteiger partial charge on any atom is 0.248 e. The minimum Gasteiger partial charge on any atom is -0.353 e. The van der Waals surface area contributed by atoms with Crippen LogP contribution in [0.4, 0.5) is 4.39 Å². The third-order valence-corrected chi connectivity index (χ3v) is 3.93. The van der Waals surface area contributed by atoms with E-state index in [2.05, 4.69) is 20.8 Å². The summed E-state index contributed by atoms with van der Waals surface area (Å²) in [5.74, 6) is -0.266. The summed E-state index contributed by atoms with van der Waals surface area (Å²) in [5.41, 5.74) is 0.783. The number of hydrogen-bond donors (Lipinski definition) is 1. The summed E-state index contributed by atoms with van der Waals surface area (Å²) >= 11 is 0. The molecule has 1 aliphatic rings. The van der Waals surface area contributed by atoms with Crippen molar-refractivity contribution in [2.24, 2.45) is 0 Å². The molecule has 2 aromatic rings. The number of rotatable bonds is 4. The molecule has 126 valence electrons. The molecule has 1 fully saturated rings. The van der Waals surface area contributed by atoms with Crippen LogP contribution >= 0.6 is 0 Å². The normalized spacial score (nSPS) is 15.9. The molecule has 24 heavy (non-hydrogen) atoms. The first kappa shape index (κ1) is 16.0. The third kappa shape index (κ3) is 3.39. The number of nitrogens with zero attached hydrogens (tertiary/aromatic N) is 5. The molecule has 0 unspecified atom stereocenters. The Balaban J connectivity index is 1.87. The van der Waals surface area contributed by atoms with Crippen molar-refractivity contribution in [3.63, 3.8) is 0 Å². The van der Waals surface area contributed by atoms with Crippen LogP contribution in [0.1, 0.15) is 17.4 Å². The second-order valence-corrected chi connectivity index (χ2v) is 5.63. The molecule has 8 nitrogen and oxygen atoms in total. The second-order valence-electron chi connectivity index (χ2n) is 5.63. The minimum absolute atomic E-state index is 0.0138. The molecule has 1 aromatic heterocycles. The first-order chi connectivity index (χ1) is 11.5. The summed E-state index contributed by atoms with van der Waals surface area (Å²) in [6.07, 6.45) is 0.309. The highest BCUT2D eigenvalue weighted by Gasteiger charge is 2.31. The Kier molecular flexibility index (Phi) is 4.50. The Morgan fingerprint density at radius 1 is 1.38 bits per heavy atom. The fourth-order valence-corrected chi connectivity index (χ4v) is 2.69. The zero-order valence-electron chi connectivity index (χ0n) is 13.1. The van der Waals surface area contributed by atoms with Gasteiger partial charge in [0.25, 0.3) is 0 Å². The van der Waals surface area contributed by atoms with E-state index >= 15 is 0 Å². The molecule has 2 amide bonds. The van der Waals surface area contributed by atoms with Crippen LogP contribution in [0.5, 0.6) is 0 Å². The van der Waals surface area contributed by atoms with Gasteiger partial charge in [0.15, 0.2) is 0 Å². The summed E-state index contributed by atoms with van der Waals surface area (Å²) in [7, 11) is 0. The number of aromatic nitrogens is 4. The van der Waals surface area contributed by atoms with E-state index in [4.69, 9.17) is 0 Å².